The minimum atomic E-state index is -0.413. The van der Waals surface area contributed by atoms with E-state index in [0.717, 1.165) is 5.56 Å². The van der Waals surface area contributed by atoms with Gasteiger partial charge in [0.15, 0.2) is 11.9 Å². The predicted octanol–water partition coefficient (Wildman–Crippen LogP) is 1.62. The number of hydrogen-bond donors (Lipinski definition) is 3. The minimum Gasteiger partial charge on any atom is -0.597 e. The third-order valence-corrected chi connectivity index (χ3v) is 2.80. The molecule has 10 nitrogen and oxygen atoms in total. The van der Waals surface area contributed by atoms with Crippen molar-refractivity contribution in [1.29, 1.82) is 0 Å². The Morgan fingerprint density at radius 3 is 2.76 bits per heavy atom. The Morgan fingerprint density at radius 1 is 1.36 bits per heavy atom. The Balaban J connectivity index is 0.00000312. The third-order valence-electron chi connectivity index (χ3n) is 2.80. The zero-order chi connectivity index (χ0) is 17.2. The quantitative estimate of drug-likeness (QED) is 0.299. The van der Waals surface area contributed by atoms with Crippen molar-refractivity contribution in [2.45, 2.75) is 6.54 Å². The van der Waals surface area contributed by atoms with E-state index in [1.54, 1.807) is 48.8 Å². The molecule has 0 saturated carbocycles. The van der Waals surface area contributed by atoms with Gasteiger partial charge in [0.1, 0.15) is 5.75 Å². The largest absolute Gasteiger partial charge is 0.597 e. The molecule has 0 unspecified atom stereocenters. The summed E-state index contributed by atoms with van der Waals surface area (Å²) in [4.78, 5) is 15.7. The molecule has 1 aromatic heterocycles. The highest BCUT2D eigenvalue weighted by molar-refractivity contribution is 5.82. The van der Waals surface area contributed by atoms with Gasteiger partial charge in [-0.2, -0.15) is 5.10 Å². The molecule has 2 rings (SSSR count). The maximum atomic E-state index is 11.6. The van der Waals surface area contributed by atoms with Crippen molar-refractivity contribution in [2.75, 3.05) is 6.61 Å². The molecule has 1 aromatic carbocycles. The van der Waals surface area contributed by atoms with Crippen LogP contribution in [0.25, 0.3) is 0 Å². The molecule has 0 spiro atoms. The van der Waals surface area contributed by atoms with Crippen LogP contribution in [0.2, 0.25) is 0 Å². The Bertz CT molecular complexity index is 719. The normalized spacial score (nSPS) is 11.0. The first-order chi connectivity index (χ1) is 11.7. The lowest BCUT2D eigenvalue weighted by Crippen LogP contribution is -2.24. The summed E-state index contributed by atoms with van der Waals surface area (Å²) in [6, 6.07) is 10.0. The molecule has 0 aliphatic rings. The van der Waals surface area contributed by atoms with E-state index in [-0.39, 0.29) is 24.2 Å². The van der Waals surface area contributed by atoms with Gasteiger partial charge in [0.25, 0.3) is 5.91 Å². The van der Waals surface area contributed by atoms with Gasteiger partial charge in [-0.05, 0) is 30.3 Å². The number of benzene rings is 1. The van der Waals surface area contributed by atoms with Crippen molar-refractivity contribution in [3.8, 4) is 5.75 Å². The topological polar surface area (TPSA) is 157 Å². The van der Waals surface area contributed by atoms with Crippen LogP contribution in [0, 0.1) is 5.21 Å². The summed E-state index contributed by atoms with van der Waals surface area (Å²) in [5.74, 6) is 0.0487. The van der Waals surface area contributed by atoms with Gasteiger partial charge in [-0.15, -0.1) is 0 Å². The molecule has 0 saturated heterocycles. The first kappa shape index (κ1) is 19.5. The number of pyridine rings is 1. The second-order valence-electron chi connectivity index (χ2n) is 4.61. The number of hydrazone groups is 1. The number of hydroxylamine groups is 1. The third kappa shape index (κ3) is 7.05. The molecular formula is C15H18N6O4. The zero-order valence-corrected chi connectivity index (χ0v) is 13.3. The molecule has 0 atom stereocenters. The summed E-state index contributed by atoms with van der Waals surface area (Å²) in [7, 11) is 0. The standard InChI is InChI=1S/C15H15N5O4.H3N/c21-15(18-17-9-13-2-1-7-16-8-13)11-24-14-5-3-12(4-6-14)10-20(23)19-22;/h1-9,22H,10-11H2,(H,18,21);1H3. The Hall–Kier alpha value is -3.53. The van der Waals surface area contributed by atoms with E-state index in [4.69, 9.17) is 9.94 Å². The molecule has 0 aliphatic carbocycles. The van der Waals surface area contributed by atoms with Crippen LogP contribution in [0.4, 0.5) is 0 Å². The Morgan fingerprint density at radius 2 is 2.12 bits per heavy atom. The van der Waals surface area contributed by atoms with Gasteiger partial charge in [-0.3, -0.25) is 9.78 Å². The van der Waals surface area contributed by atoms with Crippen molar-refractivity contribution in [3.63, 3.8) is 0 Å². The summed E-state index contributed by atoms with van der Waals surface area (Å²) < 4.78 is 5.29. The maximum absolute atomic E-state index is 11.6. The smallest absolute Gasteiger partial charge is 0.277 e. The molecule has 0 bridgehead atoms. The van der Waals surface area contributed by atoms with Crippen LogP contribution < -0.4 is 16.3 Å². The summed E-state index contributed by atoms with van der Waals surface area (Å²) >= 11 is 0. The number of aromatic nitrogens is 1. The molecule has 10 heteroatoms. The van der Waals surface area contributed by atoms with E-state index in [1.807, 2.05) is 0 Å². The second kappa shape index (κ2) is 10.3. The molecule has 0 aliphatic heterocycles. The number of nitrogens with one attached hydrogen (secondary N) is 1. The van der Waals surface area contributed by atoms with Crippen LogP contribution in [0.3, 0.4) is 0 Å². The van der Waals surface area contributed by atoms with E-state index in [0.29, 0.717) is 11.3 Å². The number of rotatable bonds is 7. The van der Waals surface area contributed by atoms with E-state index < -0.39 is 5.91 Å². The number of ether oxygens (including phenoxy) is 1. The molecular weight excluding hydrogens is 328 g/mol. The summed E-state index contributed by atoms with van der Waals surface area (Å²) in [6.07, 6.45) is 4.73. The van der Waals surface area contributed by atoms with Crippen LogP contribution in [0.15, 0.2) is 59.2 Å². The zero-order valence-electron chi connectivity index (χ0n) is 13.3. The highest BCUT2D eigenvalue weighted by Gasteiger charge is 2.04. The molecule has 1 heterocycles. The molecule has 0 radical (unpaired) electrons. The van der Waals surface area contributed by atoms with E-state index in [1.165, 1.54) is 6.21 Å². The fourth-order valence-electron chi connectivity index (χ4n) is 1.69. The SMILES string of the molecule is N.O=C(COc1ccc(C[N+]([O-])=NO)cc1)NN=Cc1cccnc1. The predicted molar refractivity (Wildman–Crippen MR) is 88.5 cm³/mol. The molecule has 0 fully saturated rings. The van der Waals surface area contributed by atoms with Gasteiger partial charge in [0, 0.05) is 23.5 Å². The van der Waals surface area contributed by atoms with Crippen molar-refractivity contribution in [3.05, 3.63) is 65.1 Å². The molecule has 25 heavy (non-hydrogen) atoms. The van der Waals surface area contributed by atoms with Gasteiger partial charge in [0.2, 0.25) is 6.54 Å². The monoisotopic (exact) mass is 346 g/mol. The van der Waals surface area contributed by atoms with Crippen molar-refractivity contribution < 1.29 is 19.6 Å². The lowest BCUT2D eigenvalue weighted by Gasteiger charge is -2.05. The van der Waals surface area contributed by atoms with Crippen molar-refractivity contribution >= 4 is 12.1 Å². The lowest BCUT2D eigenvalue weighted by molar-refractivity contribution is -0.570. The highest BCUT2D eigenvalue weighted by atomic mass is 16.6. The van der Waals surface area contributed by atoms with Crippen LogP contribution in [-0.4, -0.2) is 33.8 Å². The van der Waals surface area contributed by atoms with Crippen molar-refractivity contribution in [2.24, 2.45) is 10.4 Å². The Kier molecular flexibility index (Phi) is 8.03. The summed E-state index contributed by atoms with van der Waals surface area (Å²) in [5.41, 5.74) is 3.74. The summed E-state index contributed by atoms with van der Waals surface area (Å²) in [6.45, 7) is -0.288. The van der Waals surface area contributed by atoms with Crippen LogP contribution in [0.1, 0.15) is 11.1 Å². The summed E-state index contributed by atoms with van der Waals surface area (Å²) in [5, 5.41) is 25.5. The first-order valence-corrected chi connectivity index (χ1v) is 6.91. The van der Waals surface area contributed by atoms with Gasteiger partial charge < -0.3 is 21.3 Å². The minimum absolute atomic E-state index is 0. The number of hydrogen-bond acceptors (Lipinski definition) is 7. The maximum Gasteiger partial charge on any atom is 0.277 e. The van der Waals surface area contributed by atoms with Crippen molar-refractivity contribution in [1.82, 2.24) is 16.6 Å². The fraction of sp³-hybridized carbons (Fsp3) is 0.133. The average Bonchev–Trinajstić information content (AvgIpc) is 2.62. The van der Waals surface area contributed by atoms with Gasteiger partial charge >= 0.3 is 0 Å². The molecule has 5 N–H and O–H groups in total. The molecule has 132 valence electrons. The van der Waals surface area contributed by atoms with Gasteiger partial charge in [-0.1, -0.05) is 10.9 Å². The van der Waals surface area contributed by atoms with Gasteiger partial charge in [0.05, 0.1) is 6.21 Å². The fourth-order valence-corrected chi connectivity index (χ4v) is 1.69. The molecule has 2 aromatic rings. The van der Waals surface area contributed by atoms with Crippen LogP contribution in [0.5, 0.6) is 5.75 Å². The lowest BCUT2D eigenvalue weighted by atomic mass is 10.2. The van der Waals surface area contributed by atoms with Crippen LogP contribution >= 0.6 is 0 Å². The molecule has 1 amide bonds. The first-order valence-electron chi connectivity index (χ1n) is 6.91. The van der Waals surface area contributed by atoms with Crippen LogP contribution in [-0.2, 0) is 11.3 Å². The second-order valence-corrected chi connectivity index (χ2v) is 4.61. The average molecular weight is 346 g/mol. The van der Waals surface area contributed by atoms with E-state index in [2.05, 4.69) is 20.8 Å². The number of nitrogens with zero attached hydrogens (tertiary/aromatic N) is 4. The van der Waals surface area contributed by atoms with E-state index >= 15 is 0 Å². The number of amides is 1. The van der Waals surface area contributed by atoms with Gasteiger partial charge in [-0.25, -0.2) is 5.43 Å². The number of carbonyl (C=O) groups is 1. The Labute approximate surface area is 143 Å². The highest BCUT2D eigenvalue weighted by Crippen LogP contribution is 2.12. The van der Waals surface area contributed by atoms with E-state index in [9.17, 15) is 10.0 Å². The number of carbonyl (C=O) groups excluding carboxylic acids is 1.